The first kappa shape index (κ1) is 25.1. The number of rotatable bonds is 10. The number of carbonyl (C=O) groups is 2. The minimum atomic E-state index is -0.728. The van der Waals surface area contributed by atoms with Crippen LogP contribution in [-0.4, -0.2) is 74.6 Å². The van der Waals surface area contributed by atoms with Crippen LogP contribution in [0.15, 0.2) is 48.0 Å². The van der Waals surface area contributed by atoms with Gasteiger partial charge in [0.25, 0.3) is 11.7 Å². The third kappa shape index (κ3) is 5.17. The van der Waals surface area contributed by atoms with Gasteiger partial charge < -0.3 is 29.1 Å². The standard InChI is InChI=1S/C26H32N2O6/c1-6-15-34-19-10-7-17(8-11-19)23-22(25(30)26(31)28(23)14-13-27(2)3)24(29)18-9-12-20(32-4)21(16-18)33-5/h7-12,16,23,29H,6,13-15H2,1-5H3/b24-22-. The van der Waals surface area contributed by atoms with E-state index in [1.807, 2.05) is 50.2 Å². The smallest absolute Gasteiger partial charge is 0.295 e. The van der Waals surface area contributed by atoms with Gasteiger partial charge in [0.1, 0.15) is 11.5 Å². The van der Waals surface area contributed by atoms with E-state index < -0.39 is 17.7 Å². The van der Waals surface area contributed by atoms with E-state index in [2.05, 4.69) is 0 Å². The maximum Gasteiger partial charge on any atom is 0.295 e. The third-order valence-electron chi connectivity index (χ3n) is 5.65. The molecule has 34 heavy (non-hydrogen) atoms. The molecule has 1 unspecified atom stereocenters. The molecule has 1 saturated heterocycles. The summed E-state index contributed by atoms with van der Waals surface area (Å²) in [5, 5.41) is 11.2. The third-order valence-corrected chi connectivity index (χ3v) is 5.65. The molecule has 2 aromatic rings. The highest BCUT2D eigenvalue weighted by molar-refractivity contribution is 6.46. The first-order valence-corrected chi connectivity index (χ1v) is 11.2. The Hall–Kier alpha value is -3.52. The van der Waals surface area contributed by atoms with Crippen LogP contribution < -0.4 is 14.2 Å². The van der Waals surface area contributed by atoms with Crippen molar-refractivity contribution in [2.45, 2.75) is 19.4 Å². The highest BCUT2D eigenvalue weighted by Gasteiger charge is 2.46. The molecule has 3 rings (SSSR count). The molecule has 1 aliphatic heterocycles. The summed E-state index contributed by atoms with van der Waals surface area (Å²) in [6, 6.07) is 11.4. The molecule has 1 N–H and O–H groups in total. The second kappa shape index (κ2) is 11.1. The van der Waals surface area contributed by atoms with Crippen molar-refractivity contribution in [1.29, 1.82) is 0 Å². The van der Waals surface area contributed by atoms with Crippen LogP contribution in [0, 0.1) is 0 Å². The van der Waals surface area contributed by atoms with Gasteiger partial charge in [-0.2, -0.15) is 0 Å². The van der Waals surface area contributed by atoms with Crippen molar-refractivity contribution in [2.24, 2.45) is 0 Å². The van der Waals surface area contributed by atoms with Crippen molar-refractivity contribution in [2.75, 3.05) is 48.0 Å². The number of Topliss-reactive ketones (excluding diaryl/α,β-unsaturated/α-hetero) is 1. The van der Waals surface area contributed by atoms with Crippen molar-refractivity contribution >= 4 is 17.4 Å². The summed E-state index contributed by atoms with van der Waals surface area (Å²) in [6.45, 7) is 3.53. The topological polar surface area (TPSA) is 88.5 Å². The quantitative estimate of drug-likeness (QED) is 0.324. The van der Waals surface area contributed by atoms with Crippen molar-refractivity contribution in [3.63, 3.8) is 0 Å². The summed E-state index contributed by atoms with van der Waals surface area (Å²) in [5.74, 6) is -0.0201. The molecule has 1 heterocycles. The summed E-state index contributed by atoms with van der Waals surface area (Å²) in [7, 11) is 6.80. The summed E-state index contributed by atoms with van der Waals surface area (Å²) in [6.07, 6.45) is 0.887. The zero-order valence-corrected chi connectivity index (χ0v) is 20.3. The zero-order valence-electron chi connectivity index (χ0n) is 20.3. The molecule has 0 aromatic heterocycles. The number of carbonyl (C=O) groups excluding carboxylic acids is 2. The molecule has 1 atom stereocenters. The Balaban J connectivity index is 2.10. The van der Waals surface area contributed by atoms with Crippen LogP contribution in [0.5, 0.6) is 17.2 Å². The monoisotopic (exact) mass is 468 g/mol. The average Bonchev–Trinajstić information content (AvgIpc) is 3.10. The number of nitrogens with zero attached hydrogens (tertiary/aromatic N) is 2. The van der Waals surface area contributed by atoms with Crippen LogP contribution in [-0.2, 0) is 9.59 Å². The van der Waals surface area contributed by atoms with Crippen LogP contribution in [0.25, 0.3) is 5.76 Å². The predicted molar refractivity (Wildman–Crippen MR) is 129 cm³/mol. The molecule has 2 aromatic carbocycles. The maximum atomic E-state index is 13.1. The van der Waals surface area contributed by atoms with Crippen LogP contribution in [0.3, 0.4) is 0 Å². The average molecular weight is 469 g/mol. The molecular weight excluding hydrogens is 436 g/mol. The maximum absolute atomic E-state index is 13.1. The Kier molecular flexibility index (Phi) is 8.17. The summed E-state index contributed by atoms with van der Waals surface area (Å²) >= 11 is 0. The number of aliphatic hydroxyl groups excluding tert-OH is 1. The lowest BCUT2D eigenvalue weighted by Crippen LogP contribution is -2.35. The van der Waals surface area contributed by atoms with Crippen molar-refractivity contribution < 1.29 is 28.9 Å². The number of methoxy groups -OCH3 is 2. The molecule has 0 bridgehead atoms. The van der Waals surface area contributed by atoms with E-state index in [0.717, 1.165) is 6.42 Å². The van der Waals surface area contributed by atoms with Crippen LogP contribution >= 0.6 is 0 Å². The van der Waals surface area contributed by atoms with E-state index in [1.54, 1.807) is 18.2 Å². The molecular formula is C26H32N2O6. The number of likely N-dealkylation sites (tertiary alicyclic amines) is 1. The Labute approximate surface area is 200 Å². The number of benzene rings is 2. The van der Waals surface area contributed by atoms with Gasteiger partial charge in [0.05, 0.1) is 32.4 Å². The van der Waals surface area contributed by atoms with Crippen LogP contribution in [0.1, 0.15) is 30.5 Å². The molecule has 182 valence electrons. The molecule has 0 radical (unpaired) electrons. The fourth-order valence-corrected chi connectivity index (χ4v) is 3.87. The molecule has 0 saturated carbocycles. The number of amides is 1. The highest BCUT2D eigenvalue weighted by atomic mass is 16.5. The lowest BCUT2D eigenvalue weighted by molar-refractivity contribution is -0.140. The fourth-order valence-electron chi connectivity index (χ4n) is 3.87. The lowest BCUT2D eigenvalue weighted by atomic mass is 9.95. The molecule has 8 nitrogen and oxygen atoms in total. The van der Waals surface area contributed by atoms with E-state index in [1.165, 1.54) is 19.1 Å². The summed E-state index contributed by atoms with van der Waals surface area (Å²) in [4.78, 5) is 29.6. The van der Waals surface area contributed by atoms with Gasteiger partial charge in [-0.05, 0) is 56.4 Å². The van der Waals surface area contributed by atoms with Gasteiger partial charge in [-0.3, -0.25) is 9.59 Å². The normalized spacial score (nSPS) is 17.4. The van der Waals surface area contributed by atoms with E-state index in [-0.39, 0.29) is 11.3 Å². The van der Waals surface area contributed by atoms with Gasteiger partial charge in [0.2, 0.25) is 0 Å². The van der Waals surface area contributed by atoms with Gasteiger partial charge in [-0.25, -0.2) is 0 Å². The Bertz CT molecular complexity index is 1060. The number of hydrogen-bond acceptors (Lipinski definition) is 7. The first-order valence-electron chi connectivity index (χ1n) is 11.2. The molecule has 0 aliphatic carbocycles. The summed E-state index contributed by atoms with van der Waals surface area (Å²) in [5.41, 5.74) is 1.11. The second-order valence-corrected chi connectivity index (χ2v) is 8.28. The summed E-state index contributed by atoms with van der Waals surface area (Å²) < 4.78 is 16.3. The van der Waals surface area contributed by atoms with Crippen molar-refractivity contribution in [3.05, 3.63) is 59.2 Å². The van der Waals surface area contributed by atoms with Crippen LogP contribution in [0.4, 0.5) is 0 Å². The predicted octanol–water partition coefficient (Wildman–Crippen LogP) is 3.48. The van der Waals surface area contributed by atoms with Crippen molar-refractivity contribution in [1.82, 2.24) is 9.80 Å². The van der Waals surface area contributed by atoms with Crippen molar-refractivity contribution in [3.8, 4) is 17.2 Å². The van der Waals surface area contributed by atoms with E-state index in [0.29, 0.717) is 48.1 Å². The zero-order chi connectivity index (χ0) is 24.8. The molecule has 1 aliphatic rings. The van der Waals surface area contributed by atoms with Gasteiger partial charge in [0, 0.05) is 18.7 Å². The van der Waals surface area contributed by atoms with E-state index >= 15 is 0 Å². The van der Waals surface area contributed by atoms with Gasteiger partial charge in [-0.1, -0.05) is 19.1 Å². The molecule has 0 spiro atoms. The first-order chi connectivity index (χ1) is 16.3. The highest BCUT2D eigenvalue weighted by Crippen LogP contribution is 2.40. The molecule has 1 fully saturated rings. The largest absolute Gasteiger partial charge is 0.507 e. The number of ether oxygens (including phenoxy) is 3. The van der Waals surface area contributed by atoms with Gasteiger partial charge in [-0.15, -0.1) is 0 Å². The SMILES string of the molecule is CCCOc1ccc(C2/C(=C(/O)c3ccc(OC)c(OC)c3)C(=O)C(=O)N2CCN(C)C)cc1. The minimum Gasteiger partial charge on any atom is -0.507 e. The number of aliphatic hydroxyl groups is 1. The van der Waals surface area contributed by atoms with Gasteiger partial charge in [0.15, 0.2) is 11.5 Å². The van der Waals surface area contributed by atoms with E-state index in [9.17, 15) is 14.7 Å². The fraction of sp³-hybridized carbons (Fsp3) is 0.385. The minimum absolute atomic E-state index is 0.0400. The second-order valence-electron chi connectivity index (χ2n) is 8.28. The van der Waals surface area contributed by atoms with Crippen LogP contribution in [0.2, 0.25) is 0 Å². The number of hydrogen-bond donors (Lipinski definition) is 1. The Morgan fingerprint density at radius 2 is 1.71 bits per heavy atom. The Morgan fingerprint density at radius 1 is 1.03 bits per heavy atom. The molecule has 1 amide bonds. The van der Waals surface area contributed by atoms with Gasteiger partial charge >= 0.3 is 0 Å². The number of ketones is 1. The van der Waals surface area contributed by atoms with E-state index in [4.69, 9.17) is 14.2 Å². The molecule has 8 heteroatoms. The lowest BCUT2D eigenvalue weighted by Gasteiger charge is -2.26. The number of likely N-dealkylation sites (N-methyl/N-ethyl adjacent to an activating group) is 1. The Morgan fingerprint density at radius 3 is 2.29 bits per heavy atom.